The van der Waals surface area contributed by atoms with Gasteiger partial charge in [-0.1, -0.05) is 27.5 Å². The number of rotatable bonds is 4. The summed E-state index contributed by atoms with van der Waals surface area (Å²) in [5.74, 6) is 0. The van der Waals surface area contributed by atoms with Crippen LogP contribution in [-0.4, -0.2) is 19.8 Å². The Labute approximate surface area is 143 Å². The summed E-state index contributed by atoms with van der Waals surface area (Å²) in [4.78, 5) is 1.13. The van der Waals surface area contributed by atoms with Crippen molar-refractivity contribution in [2.24, 2.45) is 0 Å². The zero-order valence-electron chi connectivity index (χ0n) is 10.3. The molecule has 0 saturated carbocycles. The molecule has 0 radical (unpaired) electrons. The van der Waals surface area contributed by atoms with Crippen LogP contribution in [0.2, 0.25) is 4.34 Å². The average Bonchev–Trinajstić information content (AvgIpc) is 2.77. The highest BCUT2D eigenvalue weighted by atomic mass is 79.9. The predicted molar refractivity (Wildman–Crippen MR) is 89.8 cm³/mol. The monoisotopic (exact) mass is 457 g/mol. The molecule has 1 aromatic heterocycles. The Bertz CT molecular complexity index is 731. The van der Waals surface area contributed by atoms with Crippen LogP contribution >= 0.6 is 54.8 Å². The van der Waals surface area contributed by atoms with E-state index in [-0.39, 0.29) is 4.90 Å². The minimum Gasteiger partial charge on any atom is -0.207 e. The molecule has 2 rings (SSSR count). The van der Waals surface area contributed by atoms with E-state index in [0.717, 1.165) is 4.88 Å². The Hall–Kier alpha value is 0.0800. The summed E-state index contributed by atoms with van der Waals surface area (Å²) in [6.07, 6.45) is 0. The number of nitrogens with zero attached hydrogens (tertiary/aromatic N) is 1. The quantitative estimate of drug-likeness (QED) is 0.662. The highest BCUT2D eigenvalue weighted by molar-refractivity contribution is 9.11. The molecular formula is C12H10Br2ClNO2S2. The van der Waals surface area contributed by atoms with Gasteiger partial charge in [0.05, 0.1) is 9.23 Å². The standard InChI is InChI=1S/C12H10Br2ClNO2S2/c1-16(7-9-3-5-12(15)19-9)20(17,18)11-6-8(13)2-4-10(11)14/h2-6H,7H2,1H3. The van der Waals surface area contributed by atoms with Gasteiger partial charge in [0.15, 0.2) is 0 Å². The molecule has 0 bridgehead atoms. The maximum Gasteiger partial charge on any atom is 0.244 e. The molecule has 0 aliphatic heterocycles. The SMILES string of the molecule is CN(Cc1ccc(Cl)s1)S(=O)(=O)c1cc(Br)ccc1Br. The Morgan fingerprint density at radius 2 is 1.95 bits per heavy atom. The van der Waals surface area contributed by atoms with Gasteiger partial charge >= 0.3 is 0 Å². The summed E-state index contributed by atoms with van der Waals surface area (Å²) in [5.41, 5.74) is 0. The van der Waals surface area contributed by atoms with E-state index < -0.39 is 10.0 Å². The summed E-state index contributed by atoms with van der Waals surface area (Å²) < 4.78 is 28.3. The number of thiophene rings is 1. The average molecular weight is 460 g/mol. The van der Waals surface area contributed by atoms with E-state index in [9.17, 15) is 8.42 Å². The van der Waals surface area contributed by atoms with Crippen LogP contribution in [0, 0.1) is 0 Å². The molecule has 108 valence electrons. The molecule has 0 N–H and O–H groups in total. The van der Waals surface area contributed by atoms with Crippen LogP contribution in [0.15, 0.2) is 44.2 Å². The van der Waals surface area contributed by atoms with Crippen molar-refractivity contribution in [3.8, 4) is 0 Å². The molecule has 20 heavy (non-hydrogen) atoms. The fraction of sp³-hybridized carbons (Fsp3) is 0.167. The van der Waals surface area contributed by atoms with Crippen LogP contribution in [0.25, 0.3) is 0 Å². The number of halogens is 3. The zero-order chi connectivity index (χ0) is 14.9. The second-order valence-electron chi connectivity index (χ2n) is 4.04. The van der Waals surface area contributed by atoms with Gasteiger partial charge in [-0.15, -0.1) is 11.3 Å². The summed E-state index contributed by atoms with van der Waals surface area (Å²) >= 11 is 13.8. The molecule has 0 unspecified atom stereocenters. The highest BCUT2D eigenvalue weighted by Crippen LogP contribution is 2.29. The number of hydrogen-bond donors (Lipinski definition) is 0. The summed E-state index contributed by atoms with van der Waals surface area (Å²) in [6, 6.07) is 8.65. The molecule has 0 saturated heterocycles. The van der Waals surface area contributed by atoms with Crippen molar-refractivity contribution in [1.29, 1.82) is 0 Å². The predicted octanol–water partition coefficient (Wildman–Crippen LogP) is 4.75. The minimum absolute atomic E-state index is 0.233. The fourth-order valence-electron chi connectivity index (χ4n) is 1.58. The van der Waals surface area contributed by atoms with Gasteiger partial charge in [-0.2, -0.15) is 4.31 Å². The minimum atomic E-state index is -3.56. The van der Waals surface area contributed by atoms with Crippen molar-refractivity contribution < 1.29 is 8.42 Å². The van der Waals surface area contributed by atoms with E-state index in [1.807, 2.05) is 6.07 Å². The lowest BCUT2D eigenvalue weighted by molar-refractivity contribution is 0.469. The number of benzene rings is 1. The topological polar surface area (TPSA) is 37.4 Å². The third-order valence-electron chi connectivity index (χ3n) is 2.59. The van der Waals surface area contributed by atoms with Crippen LogP contribution in [0.4, 0.5) is 0 Å². The maximum absolute atomic E-state index is 12.6. The molecule has 0 amide bonds. The Kier molecular flexibility index (Phi) is 5.31. The lowest BCUT2D eigenvalue weighted by Gasteiger charge is -2.17. The lowest BCUT2D eigenvalue weighted by atomic mass is 10.4. The summed E-state index contributed by atoms with van der Waals surface area (Å²) in [5, 5.41) is 0. The van der Waals surface area contributed by atoms with E-state index in [0.29, 0.717) is 19.8 Å². The van der Waals surface area contributed by atoms with Gasteiger partial charge in [0.1, 0.15) is 0 Å². The second kappa shape index (κ2) is 6.46. The molecule has 1 heterocycles. The smallest absolute Gasteiger partial charge is 0.207 e. The fourth-order valence-corrected chi connectivity index (χ4v) is 5.41. The lowest BCUT2D eigenvalue weighted by Crippen LogP contribution is -2.26. The molecule has 0 fully saturated rings. The summed E-state index contributed by atoms with van der Waals surface area (Å²) in [6.45, 7) is 0.290. The summed E-state index contributed by atoms with van der Waals surface area (Å²) in [7, 11) is -2.01. The highest BCUT2D eigenvalue weighted by Gasteiger charge is 2.24. The van der Waals surface area contributed by atoms with Crippen LogP contribution < -0.4 is 0 Å². The molecule has 0 aliphatic rings. The van der Waals surface area contributed by atoms with Crippen molar-refractivity contribution in [2.75, 3.05) is 7.05 Å². The molecule has 3 nitrogen and oxygen atoms in total. The number of hydrogen-bond acceptors (Lipinski definition) is 3. The van der Waals surface area contributed by atoms with Crippen molar-refractivity contribution >= 4 is 64.8 Å². The molecule has 1 aromatic carbocycles. The third kappa shape index (κ3) is 3.64. The van der Waals surface area contributed by atoms with Gasteiger partial charge in [-0.25, -0.2) is 8.42 Å². The van der Waals surface area contributed by atoms with E-state index in [1.54, 1.807) is 31.3 Å². The first-order chi connectivity index (χ1) is 9.30. The van der Waals surface area contributed by atoms with Gasteiger partial charge in [0.25, 0.3) is 0 Å². The van der Waals surface area contributed by atoms with E-state index >= 15 is 0 Å². The number of sulfonamides is 1. The van der Waals surface area contributed by atoms with Gasteiger partial charge in [-0.3, -0.25) is 0 Å². The van der Waals surface area contributed by atoms with E-state index in [4.69, 9.17) is 11.6 Å². The van der Waals surface area contributed by atoms with Crippen LogP contribution in [0.3, 0.4) is 0 Å². The Morgan fingerprint density at radius 3 is 2.55 bits per heavy atom. The van der Waals surface area contributed by atoms with Gasteiger partial charge < -0.3 is 0 Å². The van der Waals surface area contributed by atoms with Crippen molar-refractivity contribution in [1.82, 2.24) is 4.31 Å². The first-order valence-electron chi connectivity index (χ1n) is 5.46. The Balaban J connectivity index is 2.32. The van der Waals surface area contributed by atoms with Gasteiger partial charge in [-0.05, 0) is 46.3 Å². The molecule has 0 aliphatic carbocycles. The van der Waals surface area contributed by atoms with Gasteiger partial charge in [0, 0.05) is 27.4 Å². The van der Waals surface area contributed by atoms with Crippen LogP contribution in [-0.2, 0) is 16.6 Å². The first kappa shape index (κ1) is 16.5. The molecule has 2 aromatic rings. The first-order valence-corrected chi connectivity index (χ1v) is 9.68. The van der Waals surface area contributed by atoms with Crippen molar-refractivity contribution in [2.45, 2.75) is 11.4 Å². The molecule has 0 spiro atoms. The van der Waals surface area contributed by atoms with Crippen molar-refractivity contribution in [3.63, 3.8) is 0 Å². The zero-order valence-corrected chi connectivity index (χ0v) is 15.9. The third-order valence-corrected chi connectivity index (χ3v) is 7.10. The van der Waals surface area contributed by atoms with Crippen LogP contribution in [0.5, 0.6) is 0 Å². The van der Waals surface area contributed by atoms with Crippen LogP contribution in [0.1, 0.15) is 4.88 Å². The van der Waals surface area contributed by atoms with E-state index in [1.165, 1.54) is 15.6 Å². The normalized spacial score (nSPS) is 12.1. The molecule has 8 heteroatoms. The van der Waals surface area contributed by atoms with Crippen molar-refractivity contribution in [3.05, 3.63) is 48.5 Å². The second-order valence-corrected chi connectivity index (χ2v) is 9.62. The molecular weight excluding hydrogens is 450 g/mol. The largest absolute Gasteiger partial charge is 0.244 e. The maximum atomic E-state index is 12.6. The Morgan fingerprint density at radius 1 is 1.25 bits per heavy atom. The van der Waals surface area contributed by atoms with E-state index in [2.05, 4.69) is 31.9 Å². The molecule has 0 atom stereocenters. The van der Waals surface area contributed by atoms with Gasteiger partial charge in [0.2, 0.25) is 10.0 Å².